The first kappa shape index (κ1) is 27.4. The predicted molar refractivity (Wildman–Crippen MR) is 154 cm³/mol. The Labute approximate surface area is 235 Å². The first-order valence-corrected chi connectivity index (χ1v) is 13.1. The third-order valence-corrected chi connectivity index (χ3v) is 7.37. The second-order valence-electron chi connectivity index (χ2n) is 8.07. The standard InChI is InChI=1S/C29H24Cl2N2O4S/c1-36-25-15-8-19(16-26(25)37-2)28(34)32-21-10-12-22(13-11-21)38-27(18-6-4-3-5-7-18)29(35)33-24-17-20(30)9-14-23(24)31/h3-17,27H,1-2H3,(H,32,34)(H,33,35). The van der Waals surface area contributed by atoms with Crippen LogP contribution in [0.15, 0.2) is 95.9 Å². The number of benzene rings is 4. The first-order valence-electron chi connectivity index (χ1n) is 11.5. The van der Waals surface area contributed by atoms with Crippen molar-refractivity contribution in [1.29, 1.82) is 0 Å². The Hall–Kier alpha value is -3.65. The van der Waals surface area contributed by atoms with Crippen molar-refractivity contribution in [3.05, 3.63) is 112 Å². The van der Waals surface area contributed by atoms with E-state index >= 15 is 0 Å². The van der Waals surface area contributed by atoms with E-state index < -0.39 is 5.25 Å². The molecule has 4 aromatic rings. The van der Waals surface area contributed by atoms with Crippen molar-refractivity contribution in [2.75, 3.05) is 24.9 Å². The SMILES string of the molecule is COc1ccc(C(=O)Nc2ccc(SC(C(=O)Nc3cc(Cl)ccc3Cl)c3ccccc3)cc2)cc1OC. The number of halogens is 2. The van der Waals surface area contributed by atoms with Crippen LogP contribution >= 0.6 is 35.0 Å². The van der Waals surface area contributed by atoms with Crippen LogP contribution in [0.5, 0.6) is 11.5 Å². The molecule has 0 aliphatic carbocycles. The lowest BCUT2D eigenvalue weighted by atomic mass is 10.1. The largest absolute Gasteiger partial charge is 0.493 e. The van der Waals surface area contributed by atoms with E-state index in [-0.39, 0.29) is 11.8 Å². The van der Waals surface area contributed by atoms with Gasteiger partial charge >= 0.3 is 0 Å². The number of amides is 2. The van der Waals surface area contributed by atoms with Gasteiger partial charge in [-0.2, -0.15) is 0 Å². The lowest BCUT2D eigenvalue weighted by Crippen LogP contribution is -2.19. The van der Waals surface area contributed by atoms with Gasteiger partial charge in [-0.1, -0.05) is 53.5 Å². The van der Waals surface area contributed by atoms with Gasteiger partial charge in [-0.15, -0.1) is 11.8 Å². The average molecular weight is 567 g/mol. The maximum atomic E-state index is 13.3. The Balaban J connectivity index is 1.49. The molecule has 1 atom stereocenters. The number of methoxy groups -OCH3 is 2. The first-order chi connectivity index (χ1) is 18.4. The number of rotatable bonds is 9. The van der Waals surface area contributed by atoms with Gasteiger partial charge < -0.3 is 20.1 Å². The number of ether oxygens (including phenoxy) is 2. The molecule has 0 saturated carbocycles. The minimum absolute atomic E-state index is 0.240. The summed E-state index contributed by atoms with van der Waals surface area (Å²) in [6.07, 6.45) is 0. The van der Waals surface area contributed by atoms with Crippen molar-refractivity contribution < 1.29 is 19.1 Å². The van der Waals surface area contributed by atoms with E-state index in [9.17, 15) is 9.59 Å². The Morgan fingerprint density at radius 3 is 2.18 bits per heavy atom. The molecule has 0 radical (unpaired) electrons. The zero-order valence-electron chi connectivity index (χ0n) is 20.5. The predicted octanol–water partition coefficient (Wildman–Crippen LogP) is 7.74. The summed E-state index contributed by atoms with van der Waals surface area (Å²) in [5.74, 6) is 0.485. The summed E-state index contributed by atoms with van der Waals surface area (Å²) < 4.78 is 10.5. The zero-order valence-corrected chi connectivity index (χ0v) is 22.9. The zero-order chi connectivity index (χ0) is 27.1. The summed E-state index contributed by atoms with van der Waals surface area (Å²) in [4.78, 5) is 26.9. The number of thioether (sulfide) groups is 1. The summed E-state index contributed by atoms with van der Waals surface area (Å²) in [6.45, 7) is 0. The topological polar surface area (TPSA) is 76.7 Å². The Morgan fingerprint density at radius 2 is 1.50 bits per heavy atom. The highest BCUT2D eigenvalue weighted by atomic mass is 35.5. The number of carbonyl (C=O) groups excluding carboxylic acids is 2. The Kier molecular flexibility index (Phi) is 9.18. The van der Waals surface area contributed by atoms with Gasteiger partial charge in [0.2, 0.25) is 5.91 Å². The lowest BCUT2D eigenvalue weighted by molar-refractivity contribution is -0.115. The molecule has 0 fully saturated rings. The fraction of sp³-hybridized carbons (Fsp3) is 0.103. The van der Waals surface area contributed by atoms with Gasteiger partial charge in [0, 0.05) is 21.2 Å². The van der Waals surface area contributed by atoms with Crippen LogP contribution in [0.1, 0.15) is 21.2 Å². The van der Waals surface area contributed by atoms with Crippen LogP contribution in [0, 0.1) is 0 Å². The maximum Gasteiger partial charge on any atom is 0.255 e. The minimum Gasteiger partial charge on any atom is -0.493 e. The fourth-order valence-electron chi connectivity index (χ4n) is 3.63. The van der Waals surface area contributed by atoms with Gasteiger partial charge in [0.15, 0.2) is 11.5 Å². The van der Waals surface area contributed by atoms with Gasteiger partial charge in [-0.25, -0.2) is 0 Å². The summed E-state index contributed by atoms with van der Waals surface area (Å²) in [5.41, 5.74) is 2.32. The number of nitrogens with one attached hydrogen (secondary N) is 2. The van der Waals surface area contributed by atoms with E-state index in [0.717, 1.165) is 10.5 Å². The van der Waals surface area contributed by atoms with E-state index in [2.05, 4.69) is 10.6 Å². The van der Waals surface area contributed by atoms with Gasteiger partial charge in [0.25, 0.3) is 5.91 Å². The average Bonchev–Trinajstić information content (AvgIpc) is 2.94. The molecule has 0 aromatic heterocycles. The molecule has 6 nitrogen and oxygen atoms in total. The second-order valence-corrected chi connectivity index (χ2v) is 10.1. The number of hydrogen-bond donors (Lipinski definition) is 2. The molecule has 0 spiro atoms. The van der Waals surface area contributed by atoms with E-state index in [1.54, 1.807) is 48.5 Å². The molecule has 0 bridgehead atoms. The molecule has 194 valence electrons. The molecule has 9 heteroatoms. The summed E-state index contributed by atoms with van der Waals surface area (Å²) >= 11 is 13.7. The van der Waals surface area contributed by atoms with Gasteiger partial charge in [0.1, 0.15) is 5.25 Å². The molecule has 1 unspecified atom stereocenters. The van der Waals surface area contributed by atoms with Crippen molar-refractivity contribution in [3.63, 3.8) is 0 Å². The van der Waals surface area contributed by atoms with E-state index in [1.807, 2.05) is 42.5 Å². The molecule has 4 aromatic carbocycles. The van der Waals surface area contributed by atoms with Crippen LogP contribution in [0.25, 0.3) is 0 Å². The van der Waals surface area contributed by atoms with Crippen molar-refractivity contribution in [2.24, 2.45) is 0 Å². The van der Waals surface area contributed by atoms with Crippen molar-refractivity contribution in [3.8, 4) is 11.5 Å². The third-order valence-electron chi connectivity index (χ3n) is 5.54. The highest BCUT2D eigenvalue weighted by molar-refractivity contribution is 8.00. The summed E-state index contributed by atoms with van der Waals surface area (Å²) in [5, 5.41) is 6.08. The molecule has 38 heavy (non-hydrogen) atoms. The number of hydrogen-bond acceptors (Lipinski definition) is 5. The summed E-state index contributed by atoms with van der Waals surface area (Å²) in [6, 6.07) is 26.6. The maximum absolute atomic E-state index is 13.3. The van der Waals surface area contributed by atoms with Gasteiger partial charge in [0.05, 0.1) is 24.9 Å². The Morgan fingerprint density at radius 1 is 0.789 bits per heavy atom. The van der Waals surface area contributed by atoms with Gasteiger partial charge in [-0.05, 0) is 66.2 Å². The van der Waals surface area contributed by atoms with E-state index in [0.29, 0.717) is 38.5 Å². The third kappa shape index (κ3) is 6.81. The molecule has 4 rings (SSSR count). The number of carbonyl (C=O) groups is 2. The number of anilines is 2. The normalized spacial score (nSPS) is 11.4. The second kappa shape index (κ2) is 12.7. The van der Waals surface area contributed by atoms with Crippen LogP contribution in [-0.2, 0) is 4.79 Å². The molecule has 2 amide bonds. The fourth-order valence-corrected chi connectivity index (χ4v) is 4.99. The van der Waals surface area contributed by atoms with Crippen molar-refractivity contribution >= 4 is 58.2 Å². The molecule has 2 N–H and O–H groups in total. The summed E-state index contributed by atoms with van der Waals surface area (Å²) in [7, 11) is 3.05. The van der Waals surface area contributed by atoms with E-state index in [1.165, 1.54) is 26.0 Å². The van der Waals surface area contributed by atoms with Crippen LogP contribution in [0.4, 0.5) is 11.4 Å². The van der Waals surface area contributed by atoms with Crippen LogP contribution in [0.3, 0.4) is 0 Å². The highest BCUT2D eigenvalue weighted by Crippen LogP contribution is 2.38. The van der Waals surface area contributed by atoms with Crippen LogP contribution in [0.2, 0.25) is 10.0 Å². The molecular weight excluding hydrogens is 543 g/mol. The smallest absolute Gasteiger partial charge is 0.255 e. The van der Waals surface area contributed by atoms with Gasteiger partial charge in [-0.3, -0.25) is 9.59 Å². The molecular formula is C29H24Cl2N2O4S. The minimum atomic E-state index is -0.557. The van der Waals surface area contributed by atoms with Crippen LogP contribution in [-0.4, -0.2) is 26.0 Å². The molecule has 0 aliphatic heterocycles. The quantitative estimate of drug-likeness (QED) is 0.203. The van der Waals surface area contributed by atoms with Crippen LogP contribution < -0.4 is 20.1 Å². The Bertz CT molecular complexity index is 1430. The monoisotopic (exact) mass is 566 g/mol. The molecule has 0 aliphatic rings. The lowest BCUT2D eigenvalue weighted by Gasteiger charge is -2.18. The van der Waals surface area contributed by atoms with E-state index in [4.69, 9.17) is 32.7 Å². The molecule has 0 heterocycles. The van der Waals surface area contributed by atoms with Crippen molar-refractivity contribution in [2.45, 2.75) is 10.1 Å². The van der Waals surface area contributed by atoms with Crippen molar-refractivity contribution in [1.82, 2.24) is 0 Å². The molecule has 0 saturated heterocycles. The highest BCUT2D eigenvalue weighted by Gasteiger charge is 2.23.